The number of fused-ring (bicyclic) bond motifs is 3. The Kier molecular flexibility index (Phi) is 4.19. The number of aryl methyl sites for hydroxylation is 1. The van der Waals surface area contributed by atoms with Gasteiger partial charge in [0.05, 0.1) is 6.04 Å². The van der Waals surface area contributed by atoms with E-state index in [4.69, 9.17) is 0 Å². The van der Waals surface area contributed by atoms with Crippen LogP contribution >= 0.6 is 0 Å². The molecule has 1 aliphatic heterocycles. The van der Waals surface area contributed by atoms with Gasteiger partial charge < -0.3 is 9.47 Å². The van der Waals surface area contributed by atoms with Crippen molar-refractivity contribution >= 4 is 16.8 Å². The maximum absolute atomic E-state index is 13.4. The van der Waals surface area contributed by atoms with Gasteiger partial charge in [0, 0.05) is 35.5 Å². The third-order valence-electron chi connectivity index (χ3n) is 6.22. The van der Waals surface area contributed by atoms with Crippen LogP contribution < -0.4 is 0 Å². The number of amides is 1. The van der Waals surface area contributed by atoms with Gasteiger partial charge in [0.15, 0.2) is 0 Å². The lowest BCUT2D eigenvalue weighted by molar-refractivity contribution is -0.135. The van der Waals surface area contributed by atoms with Crippen molar-refractivity contribution < 1.29 is 4.79 Å². The predicted octanol–water partition coefficient (Wildman–Crippen LogP) is 4.28. The Morgan fingerprint density at radius 2 is 2.00 bits per heavy atom. The van der Waals surface area contributed by atoms with E-state index >= 15 is 0 Å². The van der Waals surface area contributed by atoms with Crippen LogP contribution in [0.2, 0.25) is 0 Å². The van der Waals surface area contributed by atoms with Crippen molar-refractivity contribution in [2.45, 2.75) is 51.1 Å². The van der Waals surface area contributed by atoms with Crippen molar-refractivity contribution in [1.82, 2.24) is 14.5 Å². The molecule has 1 atom stereocenters. The Morgan fingerprint density at radius 3 is 2.89 bits per heavy atom. The summed E-state index contributed by atoms with van der Waals surface area (Å²) >= 11 is 0. The van der Waals surface area contributed by atoms with Crippen LogP contribution in [0.5, 0.6) is 0 Å². The van der Waals surface area contributed by atoms with Crippen molar-refractivity contribution in [1.29, 1.82) is 0 Å². The number of hydrogen-bond acceptors (Lipinski definition) is 2. The van der Waals surface area contributed by atoms with Crippen LogP contribution in [-0.2, 0) is 24.2 Å². The Balaban J connectivity index is 1.47. The zero-order valence-electron chi connectivity index (χ0n) is 15.6. The molecule has 3 aromatic rings. The highest BCUT2D eigenvalue weighted by Gasteiger charge is 2.30. The fourth-order valence-electron chi connectivity index (χ4n) is 4.98. The minimum Gasteiger partial charge on any atom is -0.335 e. The Morgan fingerprint density at radius 1 is 1.07 bits per heavy atom. The number of carbonyl (C=O) groups excluding carboxylic acids is 1. The molecule has 0 N–H and O–H groups in total. The number of para-hydroxylation sites is 1. The van der Waals surface area contributed by atoms with Crippen LogP contribution in [0.3, 0.4) is 0 Å². The van der Waals surface area contributed by atoms with Crippen LogP contribution in [0, 0.1) is 0 Å². The third kappa shape index (κ3) is 2.84. The lowest BCUT2D eigenvalue weighted by Crippen LogP contribution is -2.40. The number of piperidine rings is 1. The maximum atomic E-state index is 13.4. The summed E-state index contributed by atoms with van der Waals surface area (Å²) in [6.45, 7) is 1.30. The standard InChI is InChI=1S/C23H25N3O/c27-23(25-14-4-3-10-20(25)17-7-6-13-24-15-17)16-26-21-11-2-1-8-18(21)19-9-5-12-22(19)26/h1-2,6-8,11,13,15,20H,3-5,9-10,12,14,16H2/t20-/m1/s1. The number of carbonyl (C=O) groups is 1. The van der Waals surface area contributed by atoms with E-state index in [2.05, 4.69) is 44.8 Å². The van der Waals surface area contributed by atoms with E-state index in [1.54, 1.807) is 6.20 Å². The van der Waals surface area contributed by atoms with Gasteiger partial charge in [-0.2, -0.15) is 0 Å². The molecule has 4 nitrogen and oxygen atoms in total. The lowest BCUT2D eigenvalue weighted by atomic mass is 9.96. The first-order valence-corrected chi connectivity index (χ1v) is 10.1. The van der Waals surface area contributed by atoms with E-state index in [-0.39, 0.29) is 11.9 Å². The minimum atomic E-state index is 0.162. The quantitative estimate of drug-likeness (QED) is 0.700. The SMILES string of the molecule is O=C(Cn1c2c(c3ccccc31)CCC2)N1CCCC[C@@H]1c1cccnc1. The molecule has 2 aliphatic rings. The van der Waals surface area contributed by atoms with Crippen LogP contribution in [0.1, 0.15) is 48.5 Å². The molecule has 0 spiro atoms. The second kappa shape index (κ2) is 6.84. The number of likely N-dealkylation sites (tertiary alicyclic amines) is 1. The number of hydrogen-bond donors (Lipinski definition) is 0. The molecule has 1 fully saturated rings. The lowest BCUT2D eigenvalue weighted by Gasteiger charge is -2.36. The maximum Gasteiger partial charge on any atom is 0.243 e. The van der Waals surface area contributed by atoms with Crippen molar-refractivity contribution in [3.05, 3.63) is 65.6 Å². The molecule has 0 radical (unpaired) electrons. The fraction of sp³-hybridized carbons (Fsp3) is 0.391. The summed E-state index contributed by atoms with van der Waals surface area (Å²) in [5, 5.41) is 1.33. The minimum absolute atomic E-state index is 0.162. The molecule has 5 rings (SSSR count). The average Bonchev–Trinajstić information content (AvgIpc) is 3.31. The van der Waals surface area contributed by atoms with E-state index in [1.165, 1.54) is 35.0 Å². The highest BCUT2D eigenvalue weighted by atomic mass is 16.2. The van der Waals surface area contributed by atoms with Gasteiger partial charge in [-0.1, -0.05) is 24.3 Å². The highest BCUT2D eigenvalue weighted by Crippen LogP contribution is 2.34. The summed E-state index contributed by atoms with van der Waals surface area (Å²) in [4.78, 5) is 19.7. The number of benzene rings is 1. The van der Waals surface area contributed by atoms with Gasteiger partial charge in [-0.25, -0.2) is 0 Å². The molecule has 27 heavy (non-hydrogen) atoms. The molecule has 3 heterocycles. The highest BCUT2D eigenvalue weighted by molar-refractivity contribution is 5.88. The van der Waals surface area contributed by atoms with E-state index in [0.717, 1.165) is 37.8 Å². The van der Waals surface area contributed by atoms with Gasteiger partial charge in [0.2, 0.25) is 5.91 Å². The van der Waals surface area contributed by atoms with Crippen molar-refractivity contribution in [2.24, 2.45) is 0 Å². The normalized spacial score (nSPS) is 19.4. The number of rotatable bonds is 3. The van der Waals surface area contributed by atoms with E-state index in [1.807, 2.05) is 12.3 Å². The second-order valence-corrected chi connectivity index (χ2v) is 7.77. The summed E-state index contributed by atoms with van der Waals surface area (Å²) in [5.41, 5.74) is 5.21. The molecular weight excluding hydrogens is 334 g/mol. The molecule has 0 saturated carbocycles. The van der Waals surface area contributed by atoms with E-state index in [0.29, 0.717) is 6.54 Å². The summed E-state index contributed by atoms with van der Waals surface area (Å²) in [6.07, 6.45) is 10.4. The van der Waals surface area contributed by atoms with Crippen LogP contribution in [-0.4, -0.2) is 26.9 Å². The first kappa shape index (κ1) is 16.5. The fourth-order valence-corrected chi connectivity index (χ4v) is 4.98. The monoisotopic (exact) mass is 359 g/mol. The molecule has 1 aromatic carbocycles. The van der Waals surface area contributed by atoms with Crippen LogP contribution in [0.15, 0.2) is 48.8 Å². The largest absolute Gasteiger partial charge is 0.335 e. The average molecular weight is 359 g/mol. The van der Waals surface area contributed by atoms with Gasteiger partial charge in [-0.3, -0.25) is 9.78 Å². The van der Waals surface area contributed by atoms with Crippen molar-refractivity contribution in [3.8, 4) is 0 Å². The Bertz CT molecular complexity index is 976. The first-order chi connectivity index (χ1) is 13.3. The molecular formula is C23H25N3O. The van der Waals surface area contributed by atoms with Gasteiger partial charge in [-0.15, -0.1) is 0 Å². The van der Waals surface area contributed by atoms with Gasteiger partial charge in [0.1, 0.15) is 6.54 Å². The number of pyridine rings is 1. The number of nitrogens with zero attached hydrogens (tertiary/aromatic N) is 3. The van der Waals surface area contributed by atoms with Crippen molar-refractivity contribution in [3.63, 3.8) is 0 Å². The van der Waals surface area contributed by atoms with Gasteiger partial charge in [-0.05, 0) is 61.8 Å². The zero-order chi connectivity index (χ0) is 18.2. The molecule has 1 amide bonds. The number of aromatic nitrogens is 2. The molecule has 1 saturated heterocycles. The Hall–Kier alpha value is -2.62. The summed E-state index contributed by atoms with van der Waals surface area (Å²) in [6, 6.07) is 12.8. The van der Waals surface area contributed by atoms with Gasteiger partial charge in [0.25, 0.3) is 0 Å². The molecule has 138 valence electrons. The summed E-state index contributed by atoms with van der Waals surface area (Å²) in [7, 11) is 0. The third-order valence-corrected chi connectivity index (χ3v) is 6.22. The van der Waals surface area contributed by atoms with Crippen molar-refractivity contribution in [2.75, 3.05) is 6.54 Å². The predicted molar refractivity (Wildman–Crippen MR) is 107 cm³/mol. The molecule has 4 heteroatoms. The second-order valence-electron chi connectivity index (χ2n) is 7.77. The molecule has 2 aromatic heterocycles. The Labute approximate surface area is 159 Å². The van der Waals surface area contributed by atoms with Crippen LogP contribution in [0.25, 0.3) is 10.9 Å². The summed E-state index contributed by atoms with van der Waals surface area (Å²) in [5.74, 6) is 0.235. The van der Waals surface area contributed by atoms with Gasteiger partial charge >= 0.3 is 0 Å². The smallest absolute Gasteiger partial charge is 0.243 e. The first-order valence-electron chi connectivity index (χ1n) is 10.1. The molecule has 1 aliphatic carbocycles. The molecule has 0 unspecified atom stereocenters. The molecule has 0 bridgehead atoms. The van der Waals surface area contributed by atoms with Crippen LogP contribution in [0.4, 0.5) is 0 Å². The van der Waals surface area contributed by atoms with E-state index < -0.39 is 0 Å². The summed E-state index contributed by atoms with van der Waals surface area (Å²) < 4.78 is 2.29. The topological polar surface area (TPSA) is 38.1 Å². The zero-order valence-corrected chi connectivity index (χ0v) is 15.6. The van der Waals surface area contributed by atoms with E-state index in [9.17, 15) is 4.79 Å².